The van der Waals surface area contributed by atoms with Gasteiger partial charge in [-0.2, -0.15) is 13.2 Å². The van der Waals surface area contributed by atoms with Crippen LogP contribution in [-0.4, -0.2) is 17.6 Å². The lowest BCUT2D eigenvalue weighted by Crippen LogP contribution is -2.28. The Hall–Kier alpha value is -2.16. The van der Waals surface area contributed by atoms with Crippen molar-refractivity contribution < 1.29 is 23.1 Å². The maximum atomic E-state index is 12.5. The second-order valence-corrected chi connectivity index (χ2v) is 8.26. The second-order valence-electron chi connectivity index (χ2n) is 6.19. The first kappa shape index (κ1) is 20.6. The molecule has 0 saturated carbocycles. The minimum atomic E-state index is -4.36. The average Bonchev–Trinajstić information content (AvgIpc) is 3.35. The summed E-state index contributed by atoms with van der Waals surface area (Å²) in [6, 6.07) is 12.5. The highest BCUT2D eigenvalue weighted by Crippen LogP contribution is 2.34. The molecular formula is C20H18F3NO2S2. The molecule has 28 heavy (non-hydrogen) atoms. The van der Waals surface area contributed by atoms with Crippen molar-refractivity contribution in [2.75, 3.05) is 6.54 Å². The van der Waals surface area contributed by atoms with Crippen molar-refractivity contribution in [1.82, 2.24) is 5.32 Å². The highest BCUT2D eigenvalue weighted by Gasteiger charge is 2.29. The summed E-state index contributed by atoms with van der Waals surface area (Å²) in [6.07, 6.45) is -4.68. The quantitative estimate of drug-likeness (QED) is 0.541. The van der Waals surface area contributed by atoms with E-state index in [0.29, 0.717) is 12.0 Å². The van der Waals surface area contributed by atoms with Crippen molar-refractivity contribution in [2.45, 2.75) is 25.1 Å². The minimum Gasteiger partial charge on any atom is -0.386 e. The molecule has 0 aliphatic carbocycles. The van der Waals surface area contributed by atoms with Gasteiger partial charge in [0.1, 0.15) is 6.10 Å². The van der Waals surface area contributed by atoms with E-state index < -0.39 is 17.8 Å². The molecule has 1 aromatic carbocycles. The lowest BCUT2D eigenvalue weighted by atomic mass is 10.1. The molecule has 1 unspecified atom stereocenters. The van der Waals surface area contributed by atoms with E-state index in [2.05, 4.69) is 5.32 Å². The van der Waals surface area contributed by atoms with Crippen LogP contribution in [0.15, 0.2) is 53.9 Å². The Labute approximate surface area is 168 Å². The summed E-state index contributed by atoms with van der Waals surface area (Å²) in [4.78, 5) is 14.9. The van der Waals surface area contributed by atoms with Gasteiger partial charge in [-0.25, -0.2) is 0 Å². The van der Waals surface area contributed by atoms with Crippen LogP contribution in [0.3, 0.4) is 0 Å². The number of alkyl halides is 3. The van der Waals surface area contributed by atoms with E-state index in [4.69, 9.17) is 0 Å². The number of thiophene rings is 2. The summed E-state index contributed by atoms with van der Waals surface area (Å²) in [5.41, 5.74) is -0.0516. The van der Waals surface area contributed by atoms with Crippen molar-refractivity contribution in [3.63, 3.8) is 0 Å². The maximum absolute atomic E-state index is 12.5. The van der Waals surface area contributed by atoms with E-state index in [1.165, 1.54) is 23.5 Å². The van der Waals surface area contributed by atoms with Gasteiger partial charge in [0.15, 0.2) is 0 Å². The number of hydrogen-bond donors (Lipinski definition) is 2. The molecule has 3 nitrogen and oxygen atoms in total. The number of aliphatic hydroxyl groups excluding tert-OH is 1. The summed E-state index contributed by atoms with van der Waals surface area (Å²) in [5.74, 6) is -0.256. The third kappa shape index (κ3) is 5.43. The van der Waals surface area contributed by atoms with Crippen LogP contribution in [0.2, 0.25) is 0 Å². The summed E-state index contributed by atoms with van der Waals surface area (Å²) in [5, 5.41) is 14.9. The largest absolute Gasteiger partial charge is 0.416 e. The molecule has 0 radical (unpaired) electrons. The first-order valence-electron chi connectivity index (χ1n) is 8.57. The zero-order valence-corrected chi connectivity index (χ0v) is 16.3. The second kappa shape index (κ2) is 8.89. The molecule has 0 aliphatic heterocycles. The first-order chi connectivity index (χ1) is 13.3. The maximum Gasteiger partial charge on any atom is 0.416 e. The lowest BCUT2D eigenvalue weighted by molar-refractivity contribution is -0.137. The number of amides is 1. The van der Waals surface area contributed by atoms with Crippen LogP contribution in [0.4, 0.5) is 13.2 Å². The fourth-order valence-electron chi connectivity index (χ4n) is 2.60. The van der Waals surface area contributed by atoms with Crippen molar-refractivity contribution in [1.29, 1.82) is 0 Å². The van der Waals surface area contributed by atoms with Gasteiger partial charge in [-0.1, -0.05) is 18.2 Å². The molecule has 8 heteroatoms. The number of halogens is 3. The predicted molar refractivity (Wildman–Crippen MR) is 105 cm³/mol. The topological polar surface area (TPSA) is 49.3 Å². The summed E-state index contributed by atoms with van der Waals surface area (Å²) >= 11 is 3.10. The van der Waals surface area contributed by atoms with E-state index in [1.54, 1.807) is 11.3 Å². The summed E-state index contributed by atoms with van der Waals surface area (Å²) in [6.45, 7) is 0.0935. The molecule has 1 atom stereocenters. The number of nitrogens with one attached hydrogen (secondary N) is 1. The normalized spacial score (nSPS) is 12.7. The molecule has 0 bridgehead atoms. The van der Waals surface area contributed by atoms with Crippen molar-refractivity contribution >= 4 is 28.6 Å². The number of carbonyl (C=O) groups excluding carboxylic acids is 1. The molecule has 0 fully saturated rings. The smallest absolute Gasteiger partial charge is 0.386 e. The Morgan fingerprint density at radius 2 is 1.82 bits per heavy atom. The van der Waals surface area contributed by atoms with Gasteiger partial charge in [0.25, 0.3) is 0 Å². The Morgan fingerprint density at radius 3 is 2.46 bits per heavy atom. The zero-order chi connectivity index (χ0) is 20.1. The average molecular weight is 425 g/mol. The van der Waals surface area contributed by atoms with E-state index in [9.17, 15) is 23.1 Å². The fourth-order valence-corrected chi connectivity index (χ4v) is 4.43. The van der Waals surface area contributed by atoms with Crippen LogP contribution in [0.25, 0.3) is 9.75 Å². The standard InChI is InChI=1S/C20H18F3NO2S2/c21-20(22,23)14-6-3-13(4-7-14)5-10-19(26)24-12-15(25)16-8-9-18(28-16)17-2-1-11-27-17/h1-4,6-9,11,15,25H,5,10,12H2,(H,24,26). The highest BCUT2D eigenvalue weighted by molar-refractivity contribution is 7.21. The first-order valence-corrected chi connectivity index (χ1v) is 10.3. The van der Waals surface area contributed by atoms with Crippen LogP contribution >= 0.6 is 22.7 Å². The van der Waals surface area contributed by atoms with E-state index in [0.717, 1.165) is 26.8 Å². The third-order valence-electron chi connectivity index (χ3n) is 4.13. The molecule has 2 heterocycles. The van der Waals surface area contributed by atoms with Crippen LogP contribution in [0.5, 0.6) is 0 Å². The van der Waals surface area contributed by atoms with Crippen LogP contribution < -0.4 is 5.32 Å². The number of hydrogen-bond acceptors (Lipinski definition) is 4. The van der Waals surface area contributed by atoms with Gasteiger partial charge in [-0.05, 0) is 47.7 Å². The van der Waals surface area contributed by atoms with Crippen molar-refractivity contribution in [3.05, 3.63) is 69.9 Å². The molecule has 0 spiro atoms. The SMILES string of the molecule is O=C(CCc1ccc(C(F)(F)F)cc1)NCC(O)c1ccc(-c2cccs2)s1. The molecule has 0 aliphatic rings. The predicted octanol–water partition coefficient (Wildman–Crippen LogP) is 5.28. The molecule has 1 amide bonds. The number of rotatable bonds is 7. The van der Waals surface area contributed by atoms with Gasteiger partial charge in [0.2, 0.25) is 5.91 Å². The number of aliphatic hydroxyl groups is 1. The van der Waals surface area contributed by atoms with Gasteiger partial charge < -0.3 is 10.4 Å². The fraction of sp³-hybridized carbons (Fsp3) is 0.250. The lowest BCUT2D eigenvalue weighted by Gasteiger charge is -2.11. The van der Waals surface area contributed by atoms with Gasteiger partial charge in [-0.3, -0.25) is 4.79 Å². The Balaban J connectivity index is 1.45. The highest BCUT2D eigenvalue weighted by atomic mass is 32.1. The number of benzene rings is 1. The van der Waals surface area contributed by atoms with Crippen LogP contribution in [0, 0.1) is 0 Å². The molecule has 2 aromatic heterocycles. The minimum absolute atomic E-state index is 0.0935. The Kier molecular flexibility index (Phi) is 6.53. The molecule has 3 aromatic rings. The third-order valence-corrected chi connectivity index (χ3v) is 6.39. The number of aryl methyl sites for hydroxylation is 1. The number of carbonyl (C=O) groups is 1. The van der Waals surface area contributed by atoms with E-state index >= 15 is 0 Å². The van der Waals surface area contributed by atoms with E-state index in [-0.39, 0.29) is 18.9 Å². The van der Waals surface area contributed by atoms with Gasteiger partial charge in [0, 0.05) is 27.6 Å². The zero-order valence-electron chi connectivity index (χ0n) is 14.7. The van der Waals surface area contributed by atoms with Gasteiger partial charge in [0.05, 0.1) is 5.56 Å². The monoisotopic (exact) mass is 425 g/mol. The van der Waals surface area contributed by atoms with Crippen molar-refractivity contribution in [2.24, 2.45) is 0 Å². The summed E-state index contributed by atoms with van der Waals surface area (Å²) < 4.78 is 37.6. The molecule has 3 rings (SSSR count). The van der Waals surface area contributed by atoms with Gasteiger partial charge in [-0.15, -0.1) is 22.7 Å². The molecule has 148 valence electrons. The molecule has 0 saturated heterocycles. The van der Waals surface area contributed by atoms with Crippen molar-refractivity contribution in [3.8, 4) is 9.75 Å². The van der Waals surface area contributed by atoms with Crippen LogP contribution in [0.1, 0.15) is 28.5 Å². The Morgan fingerprint density at radius 1 is 1.07 bits per heavy atom. The van der Waals surface area contributed by atoms with Crippen LogP contribution in [-0.2, 0) is 17.4 Å². The Bertz CT molecular complexity index is 902. The molecular weight excluding hydrogens is 407 g/mol. The van der Waals surface area contributed by atoms with Gasteiger partial charge >= 0.3 is 6.18 Å². The molecule has 2 N–H and O–H groups in total. The van der Waals surface area contributed by atoms with E-state index in [1.807, 2.05) is 29.6 Å². The summed E-state index contributed by atoms with van der Waals surface area (Å²) in [7, 11) is 0.